The minimum Gasteiger partial charge on any atom is -0.323 e. The Bertz CT molecular complexity index is 808. The van der Waals surface area contributed by atoms with Crippen molar-refractivity contribution in [2.24, 2.45) is 0 Å². The first-order valence-electron chi connectivity index (χ1n) is 10.3. The van der Waals surface area contributed by atoms with Crippen LogP contribution in [0, 0.1) is 6.92 Å². The topological polar surface area (TPSA) is 76.2 Å². The highest BCUT2D eigenvalue weighted by atomic mass is 32.2. The highest BCUT2D eigenvalue weighted by Gasteiger charge is 2.37. The highest BCUT2D eigenvalue weighted by Crippen LogP contribution is 2.22. The van der Waals surface area contributed by atoms with Crippen molar-refractivity contribution in [2.75, 3.05) is 58.7 Å². The predicted molar refractivity (Wildman–Crippen MR) is 115 cm³/mol. The summed E-state index contributed by atoms with van der Waals surface area (Å²) in [4.78, 5) is 16.7. The van der Waals surface area contributed by atoms with Crippen LogP contribution in [0.25, 0.3) is 0 Å². The van der Waals surface area contributed by atoms with Gasteiger partial charge in [0.2, 0.25) is 0 Å². The number of hydrogen-bond acceptors (Lipinski definition) is 4. The van der Waals surface area contributed by atoms with Gasteiger partial charge in [-0.25, -0.2) is 4.79 Å². The molecule has 2 fully saturated rings. The summed E-state index contributed by atoms with van der Waals surface area (Å²) in [7, 11) is -0.417. The second kappa shape index (κ2) is 9.42. The molecule has 162 valence electrons. The molecule has 0 spiro atoms. The smallest absolute Gasteiger partial charge is 0.321 e. The molecular weight excluding hydrogens is 390 g/mol. The van der Waals surface area contributed by atoms with Gasteiger partial charge in [-0.1, -0.05) is 18.2 Å². The summed E-state index contributed by atoms with van der Waals surface area (Å²) in [5, 5.41) is 2.95. The molecule has 0 aromatic heterocycles. The number of benzene rings is 1. The molecule has 2 aliphatic heterocycles. The van der Waals surface area contributed by atoms with Gasteiger partial charge in [-0.2, -0.15) is 17.0 Å². The molecular formula is C20H33N5O3S. The first-order valence-corrected chi connectivity index (χ1v) is 11.7. The number of likely N-dealkylation sites (tertiary alicyclic amines) is 2. The minimum absolute atomic E-state index is 0.177. The normalized spacial score (nSPS) is 20.7. The van der Waals surface area contributed by atoms with Crippen molar-refractivity contribution >= 4 is 21.9 Å². The zero-order valence-electron chi connectivity index (χ0n) is 17.7. The second-order valence-electron chi connectivity index (χ2n) is 8.08. The van der Waals surface area contributed by atoms with Crippen LogP contribution in [0.2, 0.25) is 0 Å². The van der Waals surface area contributed by atoms with Gasteiger partial charge in [0.25, 0.3) is 10.2 Å². The van der Waals surface area contributed by atoms with Gasteiger partial charge in [0.05, 0.1) is 0 Å². The molecule has 2 saturated heterocycles. The Hall–Kier alpha value is -1.68. The first-order chi connectivity index (χ1) is 13.8. The van der Waals surface area contributed by atoms with E-state index in [1.54, 1.807) is 23.3 Å². The number of carbonyl (C=O) groups excluding carboxylic acids is 1. The number of aryl methyl sites for hydroxylation is 1. The monoisotopic (exact) mass is 423 g/mol. The lowest BCUT2D eigenvalue weighted by Crippen LogP contribution is -2.50. The molecule has 0 bridgehead atoms. The van der Waals surface area contributed by atoms with E-state index in [4.69, 9.17) is 0 Å². The maximum absolute atomic E-state index is 12.9. The third kappa shape index (κ3) is 5.28. The van der Waals surface area contributed by atoms with Gasteiger partial charge in [0.15, 0.2) is 0 Å². The van der Waals surface area contributed by atoms with Crippen LogP contribution < -0.4 is 5.32 Å². The molecule has 8 nitrogen and oxygen atoms in total. The Balaban J connectivity index is 1.65. The summed E-state index contributed by atoms with van der Waals surface area (Å²) in [6.07, 6.45) is 3.00. The van der Waals surface area contributed by atoms with E-state index in [9.17, 15) is 13.2 Å². The van der Waals surface area contributed by atoms with Gasteiger partial charge in [-0.3, -0.25) is 0 Å². The van der Waals surface area contributed by atoms with Crippen molar-refractivity contribution in [3.05, 3.63) is 29.8 Å². The van der Waals surface area contributed by atoms with Gasteiger partial charge in [0.1, 0.15) is 0 Å². The zero-order valence-corrected chi connectivity index (χ0v) is 18.5. The Kier molecular flexibility index (Phi) is 7.15. The van der Waals surface area contributed by atoms with Crippen LogP contribution in [0.5, 0.6) is 0 Å². The van der Waals surface area contributed by atoms with E-state index in [0.717, 1.165) is 30.9 Å². The fourth-order valence-electron chi connectivity index (χ4n) is 4.01. The number of hydrogen-bond donors (Lipinski definition) is 1. The Morgan fingerprint density at radius 3 is 2.52 bits per heavy atom. The molecule has 2 amide bonds. The second-order valence-corrected chi connectivity index (χ2v) is 10.2. The molecule has 0 saturated carbocycles. The van der Waals surface area contributed by atoms with Gasteiger partial charge in [-0.15, -0.1) is 0 Å². The van der Waals surface area contributed by atoms with Gasteiger partial charge in [-0.05, 0) is 50.9 Å². The van der Waals surface area contributed by atoms with E-state index >= 15 is 0 Å². The van der Waals surface area contributed by atoms with E-state index in [2.05, 4.69) is 10.2 Å². The molecule has 9 heteroatoms. The number of para-hydroxylation sites is 1. The van der Waals surface area contributed by atoms with Gasteiger partial charge >= 0.3 is 6.03 Å². The molecule has 1 unspecified atom stereocenters. The fourth-order valence-corrected chi connectivity index (χ4v) is 5.29. The van der Waals surface area contributed by atoms with Crippen LogP contribution in [-0.2, 0) is 10.2 Å². The number of urea groups is 1. The molecule has 0 radical (unpaired) electrons. The fraction of sp³-hybridized carbons (Fsp3) is 0.650. The van der Waals surface area contributed by atoms with Crippen molar-refractivity contribution in [1.82, 2.24) is 18.4 Å². The Morgan fingerprint density at radius 1 is 1.17 bits per heavy atom. The summed E-state index contributed by atoms with van der Waals surface area (Å²) in [5.41, 5.74) is 1.78. The van der Waals surface area contributed by atoms with Gasteiger partial charge < -0.3 is 15.1 Å². The minimum atomic E-state index is -3.55. The maximum Gasteiger partial charge on any atom is 0.321 e. The van der Waals surface area contributed by atoms with Crippen molar-refractivity contribution < 1.29 is 13.2 Å². The molecule has 29 heavy (non-hydrogen) atoms. The van der Waals surface area contributed by atoms with E-state index in [0.29, 0.717) is 26.1 Å². The summed E-state index contributed by atoms with van der Waals surface area (Å²) in [6.45, 7) is 6.16. The molecule has 2 aliphatic rings. The average molecular weight is 424 g/mol. The summed E-state index contributed by atoms with van der Waals surface area (Å²) < 4.78 is 28.8. The van der Waals surface area contributed by atoms with Crippen LogP contribution in [0.15, 0.2) is 24.3 Å². The molecule has 0 aliphatic carbocycles. The van der Waals surface area contributed by atoms with Crippen LogP contribution in [0.4, 0.5) is 10.5 Å². The lowest BCUT2D eigenvalue weighted by molar-refractivity contribution is 0.214. The number of amides is 2. The molecule has 3 rings (SSSR count). The quantitative estimate of drug-likeness (QED) is 0.726. The van der Waals surface area contributed by atoms with E-state index in [1.807, 2.05) is 31.2 Å². The largest absolute Gasteiger partial charge is 0.323 e. The van der Waals surface area contributed by atoms with Crippen LogP contribution in [0.3, 0.4) is 0 Å². The molecule has 2 heterocycles. The summed E-state index contributed by atoms with van der Waals surface area (Å²) in [6, 6.07) is 7.27. The SMILES string of the molecule is Cc1ccccc1NC(=O)N1CCC(N(CCN2CCCC2)S(=O)(=O)N(C)C)C1. The van der Waals surface area contributed by atoms with Crippen molar-refractivity contribution in [2.45, 2.75) is 32.2 Å². The standard InChI is InChI=1S/C20H33N5O3S/c1-17-8-4-5-9-19(17)21-20(26)24-13-10-18(16-24)25(29(27,28)22(2)3)15-14-23-11-6-7-12-23/h4-5,8-9,18H,6-7,10-16H2,1-3H3,(H,21,26). The Morgan fingerprint density at radius 2 is 1.86 bits per heavy atom. The summed E-state index contributed by atoms with van der Waals surface area (Å²) in [5.74, 6) is 0. The van der Waals surface area contributed by atoms with Crippen molar-refractivity contribution in [3.8, 4) is 0 Å². The first kappa shape index (κ1) is 22.0. The highest BCUT2D eigenvalue weighted by molar-refractivity contribution is 7.86. The molecule has 1 aromatic carbocycles. The third-order valence-corrected chi connectivity index (χ3v) is 7.83. The number of rotatable bonds is 7. The third-order valence-electron chi connectivity index (χ3n) is 5.84. The van der Waals surface area contributed by atoms with E-state index in [-0.39, 0.29) is 12.1 Å². The zero-order chi connectivity index (χ0) is 21.0. The van der Waals surface area contributed by atoms with Crippen molar-refractivity contribution in [1.29, 1.82) is 0 Å². The predicted octanol–water partition coefficient (Wildman–Crippen LogP) is 1.81. The van der Waals surface area contributed by atoms with E-state index in [1.165, 1.54) is 17.1 Å². The maximum atomic E-state index is 12.9. The van der Waals surface area contributed by atoms with Crippen molar-refractivity contribution in [3.63, 3.8) is 0 Å². The van der Waals surface area contributed by atoms with Crippen LogP contribution >= 0.6 is 0 Å². The molecule has 1 N–H and O–H groups in total. The van der Waals surface area contributed by atoms with Crippen LogP contribution in [0.1, 0.15) is 24.8 Å². The summed E-state index contributed by atoms with van der Waals surface area (Å²) >= 11 is 0. The van der Waals surface area contributed by atoms with Crippen LogP contribution in [-0.4, -0.2) is 92.3 Å². The number of nitrogens with one attached hydrogen (secondary N) is 1. The van der Waals surface area contributed by atoms with Gasteiger partial charge in [0, 0.05) is 52.0 Å². The molecule has 1 aromatic rings. The Labute approximate surface area is 174 Å². The lowest BCUT2D eigenvalue weighted by Gasteiger charge is -2.32. The lowest BCUT2D eigenvalue weighted by atomic mass is 10.2. The number of carbonyl (C=O) groups is 1. The van der Waals surface area contributed by atoms with E-state index < -0.39 is 10.2 Å². The number of nitrogens with zero attached hydrogens (tertiary/aromatic N) is 4. The number of anilines is 1. The average Bonchev–Trinajstić information content (AvgIpc) is 3.35. The molecule has 1 atom stereocenters.